The Kier molecular flexibility index (Phi) is 3.43. The van der Waals surface area contributed by atoms with Gasteiger partial charge in [0.2, 0.25) is 5.91 Å². The highest BCUT2D eigenvalue weighted by Gasteiger charge is 2.47. The van der Waals surface area contributed by atoms with E-state index in [0.29, 0.717) is 6.42 Å². The minimum atomic E-state index is 0.100. The summed E-state index contributed by atoms with van der Waals surface area (Å²) in [5, 5.41) is 4.33. The van der Waals surface area contributed by atoms with Crippen molar-refractivity contribution in [2.45, 2.75) is 19.4 Å². The number of likely N-dealkylation sites (tertiary alicyclic amines) is 1. The molecule has 0 saturated carbocycles. The first-order chi connectivity index (χ1) is 10.7. The summed E-state index contributed by atoms with van der Waals surface area (Å²) in [5.41, 5.74) is 2.29. The van der Waals surface area contributed by atoms with Crippen molar-refractivity contribution in [2.75, 3.05) is 24.5 Å². The van der Waals surface area contributed by atoms with Crippen LogP contribution in [0.1, 0.15) is 18.4 Å². The zero-order valence-electron chi connectivity index (χ0n) is 12.3. The Morgan fingerprint density at radius 1 is 1.27 bits per heavy atom. The lowest BCUT2D eigenvalue weighted by Gasteiger charge is -2.24. The Morgan fingerprint density at radius 3 is 2.91 bits per heavy atom. The van der Waals surface area contributed by atoms with E-state index in [9.17, 15) is 4.79 Å². The average Bonchev–Trinajstić information content (AvgIpc) is 3.23. The fourth-order valence-corrected chi connectivity index (χ4v) is 4.30. The maximum Gasteiger partial charge on any atom is 0.227 e. The van der Waals surface area contributed by atoms with Gasteiger partial charge in [-0.15, -0.1) is 0 Å². The second-order valence-corrected chi connectivity index (χ2v) is 7.13. The number of amides is 1. The van der Waals surface area contributed by atoms with Crippen molar-refractivity contribution in [3.05, 3.63) is 41.1 Å². The maximum atomic E-state index is 12.4. The summed E-state index contributed by atoms with van der Waals surface area (Å²) < 4.78 is 0. The predicted octanol–water partition coefficient (Wildman–Crippen LogP) is 2.17. The number of hydrogen-bond donors (Lipinski definition) is 0. The minimum absolute atomic E-state index is 0.100. The lowest BCUT2D eigenvalue weighted by molar-refractivity contribution is -0.117. The Morgan fingerprint density at radius 2 is 2.14 bits per heavy atom. The molecule has 2 aromatic rings. The monoisotopic (exact) mass is 314 g/mol. The molecule has 2 fully saturated rings. The Labute approximate surface area is 133 Å². The van der Waals surface area contributed by atoms with Gasteiger partial charge >= 0.3 is 0 Å². The standard InChI is InChI=1S/C16H18N4OS/c21-15-5-16(11-20(15)14-6-17-12-18-7-14)2-3-19(10-16)8-13-1-4-22-9-13/h1,4,6-7,9,12H,2-3,5,8,10-11H2/t16-/m1/s1. The van der Waals surface area contributed by atoms with Crippen LogP contribution in [-0.4, -0.2) is 40.4 Å². The van der Waals surface area contributed by atoms with Gasteiger partial charge in [0.25, 0.3) is 0 Å². The average molecular weight is 314 g/mol. The van der Waals surface area contributed by atoms with Gasteiger partial charge in [0, 0.05) is 31.5 Å². The van der Waals surface area contributed by atoms with Crippen molar-refractivity contribution in [3.63, 3.8) is 0 Å². The van der Waals surface area contributed by atoms with Crippen LogP contribution in [0.4, 0.5) is 5.69 Å². The summed E-state index contributed by atoms with van der Waals surface area (Å²) in [5.74, 6) is 0.201. The maximum absolute atomic E-state index is 12.4. The van der Waals surface area contributed by atoms with Crippen LogP contribution in [-0.2, 0) is 11.3 Å². The molecular formula is C16H18N4OS. The summed E-state index contributed by atoms with van der Waals surface area (Å²) in [6, 6.07) is 2.18. The second kappa shape index (κ2) is 5.44. The predicted molar refractivity (Wildman–Crippen MR) is 85.6 cm³/mol. The van der Waals surface area contributed by atoms with Crippen molar-refractivity contribution in [3.8, 4) is 0 Å². The number of thiophene rings is 1. The molecule has 0 bridgehead atoms. The van der Waals surface area contributed by atoms with Gasteiger partial charge in [0.05, 0.1) is 18.1 Å². The molecule has 2 saturated heterocycles. The van der Waals surface area contributed by atoms with Crippen molar-refractivity contribution in [2.24, 2.45) is 5.41 Å². The van der Waals surface area contributed by atoms with Crippen molar-refractivity contribution < 1.29 is 4.79 Å². The topological polar surface area (TPSA) is 49.3 Å². The highest BCUT2D eigenvalue weighted by atomic mass is 32.1. The molecule has 0 N–H and O–H groups in total. The van der Waals surface area contributed by atoms with Crippen LogP contribution < -0.4 is 4.90 Å². The molecule has 0 aromatic carbocycles. The molecule has 0 radical (unpaired) electrons. The molecule has 0 aliphatic carbocycles. The first kappa shape index (κ1) is 13.8. The molecule has 0 unspecified atom stereocenters. The molecule has 5 nitrogen and oxygen atoms in total. The van der Waals surface area contributed by atoms with E-state index in [4.69, 9.17) is 0 Å². The quantitative estimate of drug-likeness (QED) is 0.871. The summed E-state index contributed by atoms with van der Waals surface area (Å²) in [4.78, 5) is 24.8. The molecule has 1 amide bonds. The Hall–Kier alpha value is -1.79. The summed E-state index contributed by atoms with van der Waals surface area (Å²) in [6.45, 7) is 3.86. The van der Waals surface area contributed by atoms with Gasteiger partial charge in [-0.1, -0.05) is 0 Å². The van der Waals surface area contributed by atoms with E-state index < -0.39 is 0 Å². The highest BCUT2D eigenvalue weighted by molar-refractivity contribution is 7.07. The van der Waals surface area contributed by atoms with Crippen LogP contribution >= 0.6 is 11.3 Å². The van der Waals surface area contributed by atoms with Gasteiger partial charge in [-0.2, -0.15) is 11.3 Å². The van der Waals surface area contributed by atoms with E-state index in [-0.39, 0.29) is 11.3 Å². The summed E-state index contributed by atoms with van der Waals surface area (Å²) in [6.07, 6.45) is 6.68. The number of aromatic nitrogens is 2. The van der Waals surface area contributed by atoms with Crippen molar-refractivity contribution in [1.82, 2.24) is 14.9 Å². The summed E-state index contributed by atoms with van der Waals surface area (Å²) >= 11 is 1.74. The van der Waals surface area contributed by atoms with Gasteiger partial charge in [-0.05, 0) is 35.4 Å². The molecule has 4 heterocycles. The number of nitrogens with zero attached hydrogens (tertiary/aromatic N) is 4. The van der Waals surface area contributed by atoms with E-state index in [1.54, 1.807) is 23.7 Å². The van der Waals surface area contributed by atoms with Crippen LogP contribution in [0.2, 0.25) is 0 Å². The lowest BCUT2D eigenvalue weighted by atomic mass is 9.86. The van der Waals surface area contributed by atoms with Crippen molar-refractivity contribution >= 4 is 22.9 Å². The van der Waals surface area contributed by atoms with Crippen LogP contribution in [0, 0.1) is 5.41 Å². The molecule has 1 atom stereocenters. The third-order valence-electron chi connectivity index (χ3n) is 4.68. The lowest BCUT2D eigenvalue weighted by Crippen LogP contribution is -2.31. The second-order valence-electron chi connectivity index (χ2n) is 6.35. The van der Waals surface area contributed by atoms with Crippen LogP contribution in [0.3, 0.4) is 0 Å². The number of anilines is 1. The number of rotatable bonds is 3. The van der Waals surface area contributed by atoms with Gasteiger partial charge in [0.15, 0.2) is 0 Å². The fourth-order valence-electron chi connectivity index (χ4n) is 3.64. The number of hydrogen-bond acceptors (Lipinski definition) is 5. The molecule has 2 aromatic heterocycles. The van der Waals surface area contributed by atoms with Gasteiger partial charge in [-0.25, -0.2) is 9.97 Å². The summed E-state index contributed by atoms with van der Waals surface area (Å²) in [7, 11) is 0. The largest absolute Gasteiger partial charge is 0.309 e. The normalized spacial score (nSPS) is 25.5. The van der Waals surface area contributed by atoms with Gasteiger partial charge < -0.3 is 4.90 Å². The molecule has 4 rings (SSSR count). The van der Waals surface area contributed by atoms with E-state index in [1.807, 2.05) is 4.90 Å². The van der Waals surface area contributed by atoms with E-state index >= 15 is 0 Å². The van der Waals surface area contributed by atoms with Crippen LogP contribution in [0.5, 0.6) is 0 Å². The van der Waals surface area contributed by atoms with E-state index in [2.05, 4.69) is 31.7 Å². The van der Waals surface area contributed by atoms with E-state index in [1.165, 1.54) is 11.9 Å². The van der Waals surface area contributed by atoms with E-state index in [0.717, 1.165) is 38.3 Å². The SMILES string of the molecule is O=C1C[C@@]2(CCN(Cc3ccsc3)C2)CN1c1cncnc1. The number of carbonyl (C=O) groups excluding carboxylic acids is 1. The molecule has 22 heavy (non-hydrogen) atoms. The molecular weight excluding hydrogens is 296 g/mol. The fraction of sp³-hybridized carbons (Fsp3) is 0.438. The Balaban J connectivity index is 1.46. The molecule has 1 spiro atoms. The molecule has 2 aliphatic rings. The van der Waals surface area contributed by atoms with Gasteiger partial charge in [0.1, 0.15) is 6.33 Å². The Bertz CT molecular complexity index is 660. The van der Waals surface area contributed by atoms with Gasteiger partial charge in [-0.3, -0.25) is 9.69 Å². The smallest absolute Gasteiger partial charge is 0.227 e. The molecule has 2 aliphatic heterocycles. The minimum Gasteiger partial charge on any atom is -0.309 e. The van der Waals surface area contributed by atoms with Crippen LogP contribution in [0.25, 0.3) is 0 Å². The first-order valence-corrected chi connectivity index (χ1v) is 8.47. The zero-order valence-corrected chi connectivity index (χ0v) is 13.1. The highest BCUT2D eigenvalue weighted by Crippen LogP contribution is 2.41. The third-order valence-corrected chi connectivity index (χ3v) is 5.42. The van der Waals surface area contributed by atoms with Crippen LogP contribution in [0.15, 0.2) is 35.5 Å². The third kappa shape index (κ3) is 2.53. The number of carbonyl (C=O) groups is 1. The molecule has 6 heteroatoms. The first-order valence-electron chi connectivity index (χ1n) is 7.53. The zero-order chi connectivity index (χ0) is 15.0. The molecule has 114 valence electrons. The van der Waals surface area contributed by atoms with Crippen molar-refractivity contribution in [1.29, 1.82) is 0 Å².